The second-order valence-corrected chi connectivity index (χ2v) is 5.97. The predicted molar refractivity (Wildman–Crippen MR) is 88.9 cm³/mol. The summed E-state index contributed by atoms with van der Waals surface area (Å²) in [5.74, 6) is 1.84. The molecule has 1 N–H and O–H groups in total. The molecule has 0 bridgehead atoms. The van der Waals surface area contributed by atoms with Gasteiger partial charge in [0, 0.05) is 11.6 Å². The summed E-state index contributed by atoms with van der Waals surface area (Å²) < 4.78 is 11.7. The molecule has 1 atom stereocenters. The van der Waals surface area contributed by atoms with Crippen LogP contribution in [-0.2, 0) is 6.42 Å². The molecular formula is C17H22BrNO2. The molecule has 0 fully saturated rings. The van der Waals surface area contributed by atoms with Crippen LogP contribution in [0.3, 0.4) is 0 Å². The lowest BCUT2D eigenvalue weighted by Gasteiger charge is -2.19. The summed E-state index contributed by atoms with van der Waals surface area (Å²) >= 11 is 3.55. The van der Waals surface area contributed by atoms with E-state index < -0.39 is 0 Å². The molecule has 0 radical (unpaired) electrons. The van der Waals surface area contributed by atoms with Gasteiger partial charge in [0.1, 0.15) is 11.5 Å². The number of furan rings is 1. The maximum absolute atomic E-state index is 5.45. The number of rotatable bonds is 7. The average molecular weight is 352 g/mol. The monoisotopic (exact) mass is 351 g/mol. The van der Waals surface area contributed by atoms with E-state index in [-0.39, 0.29) is 6.04 Å². The van der Waals surface area contributed by atoms with Crippen LogP contribution < -0.4 is 10.1 Å². The standard InChI is InChI=1S/C17H22BrNO2/c1-4-8-19-16(14-7-9-21-12(14)2)11-13-5-6-17(20-3)15(18)10-13/h5-7,9-10,16,19H,4,8,11H2,1-3H3. The first-order valence-corrected chi connectivity index (χ1v) is 8.04. The molecule has 0 aliphatic rings. The third-order valence-electron chi connectivity index (χ3n) is 3.57. The van der Waals surface area contributed by atoms with Crippen molar-refractivity contribution < 1.29 is 9.15 Å². The van der Waals surface area contributed by atoms with E-state index in [9.17, 15) is 0 Å². The number of halogens is 1. The van der Waals surface area contributed by atoms with Crippen molar-refractivity contribution in [1.82, 2.24) is 5.32 Å². The van der Waals surface area contributed by atoms with E-state index in [1.165, 1.54) is 11.1 Å². The highest BCUT2D eigenvalue weighted by atomic mass is 79.9. The topological polar surface area (TPSA) is 34.4 Å². The van der Waals surface area contributed by atoms with Crippen LogP contribution in [0.4, 0.5) is 0 Å². The van der Waals surface area contributed by atoms with E-state index in [1.807, 2.05) is 13.0 Å². The fourth-order valence-electron chi connectivity index (χ4n) is 2.44. The molecule has 2 aromatic rings. The van der Waals surface area contributed by atoms with E-state index in [1.54, 1.807) is 13.4 Å². The van der Waals surface area contributed by atoms with Crippen LogP contribution in [0.1, 0.15) is 36.3 Å². The molecule has 0 saturated carbocycles. The molecule has 4 heteroatoms. The van der Waals surface area contributed by atoms with Gasteiger partial charge in [0.2, 0.25) is 0 Å². The highest BCUT2D eigenvalue weighted by Crippen LogP contribution is 2.28. The van der Waals surface area contributed by atoms with Crippen LogP contribution in [0.2, 0.25) is 0 Å². The highest BCUT2D eigenvalue weighted by Gasteiger charge is 2.16. The van der Waals surface area contributed by atoms with Crippen LogP contribution in [0.25, 0.3) is 0 Å². The smallest absolute Gasteiger partial charge is 0.133 e. The Balaban J connectivity index is 2.18. The number of ether oxygens (including phenoxy) is 1. The minimum absolute atomic E-state index is 0.268. The van der Waals surface area contributed by atoms with E-state index in [0.717, 1.165) is 35.4 Å². The van der Waals surface area contributed by atoms with Gasteiger partial charge < -0.3 is 14.5 Å². The lowest BCUT2D eigenvalue weighted by Crippen LogP contribution is -2.24. The Kier molecular flexibility index (Phi) is 5.88. The van der Waals surface area contributed by atoms with Gasteiger partial charge in [-0.05, 0) is 66.0 Å². The van der Waals surface area contributed by atoms with Crippen molar-refractivity contribution in [3.8, 4) is 5.75 Å². The Morgan fingerprint density at radius 2 is 2.14 bits per heavy atom. The van der Waals surface area contributed by atoms with Crippen molar-refractivity contribution in [2.24, 2.45) is 0 Å². The normalized spacial score (nSPS) is 12.4. The second-order valence-electron chi connectivity index (χ2n) is 5.11. The van der Waals surface area contributed by atoms with Crippen molar-refractivity contribution in [3.05, 3.63) is 51.9 Å². The van der Waals surface area contributed by atoms with Crippen LogP contribution in [0, 0.1) is 6.92 Å². The molecular weight excluding hydrogens is 330 g/mol. The molecule has 114 valence electrons. The SMILES string of the molecule is CCCNC(Cc1ccc(OC)c(Br)c1)c1ccoc1C. The van der Waals surface area contributed by atoms with Crippen molar-refractivity contribution in [2.45, 2.75) is 32.7 Å². The van der Waals surface area contributed by atoms with Gasteiger partial charge in [0.25, 0.3) is 0 Å². The van der Waals surface area contributed by atoms with Crippen molar-refractivity contribution >= 4 is 15.9 Å². The van der Waals surface area contributed by atoms with Crippen molar-refractivity contribution in [3.63, 3.8) is 0 Å². The summed E-state index contributed by atoms with van der Waals surface area (Å²) in [5.41, 5.74) is 2.49. The highest BCUT2D eigenvalue weighted by molar-refractivity contribution is 9.10. The molecule has 0 amide bonds. The summed E-state index contributed by atoms with van der Waals surface area (Å²) in [6, 6.07) is 8.55. The summed E-state index contributed by atoms with van der Waals surface area (Å²) in [6.07, 6.45) is 3.79. The van der Waals surface area contributed by atoms with Gasteiger partial charge in [0.15, 0.2) is 0 Å². The Hall–Kier alpha value is -1.26. The van der Waals surface area contributed by atoms with Crippen LogP contribution >= 0.6 is 15.9 Å². The zero-order valence-electron chi connectivity index (χ0n) is 12.8. The number of nitrogens with one attached hydrogen (secondary N) is 1. The van der Waals surface area contributed by atoms with Gasteiger partial charge in [0.05, 0.1) is 17.8 Å². The van der Waals surface area contributed by atoms with Crippen molar-refractivity contribution in [2.75, 3.05) is 13.7 Å². The summed E-state index contributed by atoms with van der Waals surface area (Å²) in [4.78, 5) is 0. The van der Waals surface area contributed by atoms with Crippen molar-refractivity contribution in [1.29, 1.82) is 0 Å². The van der Waals surface area contributed by atoms with Gasteiger partial charge >= 0.3 is 0 Å². The maximum Gasteiger partial charge on any atom is 0.133 e. The summed E-state index contributed by atoms with van der Waals surface area (Å²) in [7, 11) is 1.68. The molecule has 21 heavy (non-hydrogen) atoms. The minimum Gasteiger partial charge on any atom is -0.496 e. The number of benzene rings is 1. The summed E-state index contributed by atoms with van der Waals surface area (Å²) in [6.45, 7) is 5.18. The summed E-state index contributed by atoms with van der Waals surface area (Å²) in [5, 5.41) is 3.60. The Morgan fingerprint density at radius 3 is 2.71 bits per heavy atom. The number of hydrogen-bond donors (Lipinski definition) is 1. The third kappa shape index (κ3) is 4.11. The number of methoxy groups -OCH3 is 1. The Morgan fingerprint density at radius 1 is 1.33 bits per heavy atom. The maximum atomic E-state index is 5.45. The van der Waals surface area contributed by atoms with E-state index in [4.69, 9.17) is 9.15 Å². The van der Waals surface area contributed by atoms with Gasteiger partial charge in [-0.2, -0.15) is 0 Å². The van der Waals surface area contributed by atoms with E-state index in [0.29, 0.717) is 0 Å². The minimum atomic E-state index is 0.268. The molecule has 0 saturated heterocycles. The molecule has 2 rings (SSSR count). The lowest BCUT2D eigenvalue weighted by molar-refractivity contribution is 0.411. The Labute approximate surface area is 134 Å². The van der Waals surface area contributed by atoms with Crippen LogP contribution in [0.5, 0.6) is 5.75 Å². The first-order valence-electron chi connectivity index (χ1n) is 7.25. The molecule has 1 unspecified atom stereocenters. The van der Waals surface area contributed by atoms with Crippen LogP contribution in [-0.4, -0.2) is 13.7 Å². The lowest BCUT2D eigenvalue weighted by atomic mass is 9.99. The third-order valence-corrected chi connectivity index (χ3v) is 4.19. The zero-order valence-corrected chi connectivity index (χ0v) is 14.4. The first kappa shape index (κ1) is 16.1. The van der Waals surface area contributed by atoms with Gasteiger partial charge in [-0.3, -0.25) is 0 Å². The van der Waals surface area contributed by atoms with Crippen LogP contribution in [0.15, 0.2) is 39.4 Å². The second kappa shape index (κ2) is 7.66. The van der Waals surface area contributed by atoms with Gasteiger partial charge in [-0.1, -0.05) is 13.0 Å². The molecule has 0 aliphatic carbocycles. The first-order chi connectivity index (χ1) is 10.2. The predicted octanol–water partition coefficient (Wildman–Crippen LogP) is 4.64. The molecule has 1 aromatic heterocycles. The molecule has 1 heterocycles. The fourth-order valence-corrected chi connectivity index (χ4v) is 3.03. The largest absolute Gasteiger partial charge is 0.496 e. The van der Waals surface area contributed by atoms with Gasteiger partial charge in [-0.15, -0.1) is 0 Å². The fraction of sp³-hybridized carbons (Fsp3) is 0.412. The quantitative estimate of drug-likeness (QED) is 0.788. The number of hydrogen-bond acceptors (Lipinski definition) is 3. The zero-order chi connectivity index (χ0) is 15.2. The molecule has 0 spiro atoms. The molecule has 1 aromatic carbocycles. The van der Waals surface area contributed by atoms with Gasteiger partial charge in [-0.25, -0.2) is 0 Å². The van der Waals surface area contributed by atoms with E-state index in [2.05, 4.69) is 46.4 Å². The molecule has 0 aliphatic heterocycles. The Bertz CT molecular complexity index is 580. The number of aryl methyl sites for hydroxylation is 1. The average Bonchev–Trinajstić information content (AvgIpc) is 2.90. The molecule has 3 nitrogen and oxygen atoms in total. The van der Waals surface area contributed by atoms with E-state index >= 15 is 0 Å².